The number of halogens is 3. The third kappa shape index (κ3) is 3.98. The molecular weight excluding hydrogens is 279 g/mol. The number of hydrogen-bond acceptors (Lipinski definition) is 2. The van der Waals surface area contributed by atoms with E-state index in [1.54, 1.807) is 20.0 Å². The summed E-state index contributed by atoms with van der Waals surface area (Å²) >= 11 is 0. The van der Waals surface area contributed by atoms with Crippen LogP contribution >= 0.6 is 0 Å². The van der Waals surface area contributed by atoms with Gasteiger partial charge in [-0.1, -0.05) is 13.0 Å². The summed E-state index contributed by atoms with van der Waals surface area (Å²) in [6.07, 6.45) is -3.56. The lowest BCUT2D eigenvalue weighted by Crippen LogP contribution is -2.42. The van der Waals surface area contributed by atoms with E-state index >= 15 is 0 Å². The van der Waals surface area contributed by atoms with Gasteiger partial charge in [-0.2, -0.15) is 13.2 Å². The number of likely N-dealkylation sites (N-methyl/N-ethyl adjacent to an activating group) is 1. The average Bonchev–Trinajstić information content (AvgIpc) is 2.40. The van der Waals surface area contributed by atoms with E-state index in [1.165, 1.54) is 6.07 Å². The van der Waals surface area contributed by atoms with Crippen molar-refractivity contribution in [2.24, 2.45) is 0 Å². The molecule has 2 nitrogen and oxygen atoms in total. The van der Waals surface area contributed by atoms with Crippen LogP contribution in [-0.4, -0.2) is 19.3 Å². The van der Waals surface area contributed by atoms with Crippen LogP contribution in [0.5, 0.6) is 0 Å². The topological polar surface area (TPSA) is 21.3 Å². The first-order valence-corrected chi connectivity index (χ1v) is 7.18. The van der Waals surface area contributed by atoms with Gasteiger partial charge in [-0.3, -0.25) is 0 Å². The minimum Gasteiger partial charge on any atom is -0.374 e. The van der Waals surface area contributed by atoms with Crippen molar-refractivity contribution in [3.63, 3.8) is 0 Å². The quantitative estimate of drug-likeness (QED) is 0.836. The predicted octanol–water partition coefficient (Wildman–Crippen LogP) is 4.48. The van der Waals surface area contributed by atoms with Gasteiger partial charge in [-0.15, -0.1) is 0 Å². The van der Waals surface area contributed by atoms with Crippen molar-refractivity contribution in [1.82, 2.24) is 5.32 Å². The number of rotatable bonds is 6. The van der Waals surface area contributed by atoms with Crippen molar-refractivity contribution >= 4 is 0 Å². The van der Waals surface area contributed by atoms with Gasteiger partial charge in [0.25, 0.3) is 0 Å². The highest BCUT2D eigenvalue weighted by molar-refractivity contribution is 5.36. The van der Waals surface area contributed by atoms with Gasteiger partial charge >= 0.3 is 6.18 Å². The molecule has 1 aromatic carbocycles. The Labute approximate surface area is 124 Å². The Morgan fingerprint density at radius 2 is 1.86 bits per heavy atom. The molecule has 0 aliphatic carbocycles. The maximum absolute atomic E-state index is 12.8. The summed E-state index contributed by atoms with van der Waals surface area (Å²) < 4.78 is 44.1. The first-order valence-electron chi connectivity index (χ1n) is 7.18. The second-order valence-electron chi connectivity index (χ2n) is 5.39. The molecule has 0 aromatic heterocycles. The van der Waals surface area contributed by atoms with Crippen LogP contribution in [0.15, 0.2) is 18.2 Å². The maximum Gasteiger partial charge on any atom is 0.416 e. The molecule has 0 saturated carbocycles. The second-order valence-corrected chi connectivity index (χ2v) is 5.39. The molecule has 0 bridgehead atoms. The first-order chi connectivity index (χ1) is 9.69. The fourth-order valence-electron chi connectivity index (χ4n) is 2.68. The lowest BCUT2D eigenvalue weighted by atomic mass is 9.85. The highest BCUT2D eigenvalue weighted by Crippen LogP contribution is 2.36. The fraction of sp³-hybridized carbons (Fsp3) is 0.625. The molecule has 1 N–H and O–H groups in total. The first kappa shape index (κ1) is 18.0. The highest BCUT2D eigenvalue weighted by Gasteiger charge is 2.36. The number of nitrogens with one attached hydrogen (secondary N) is 1. The van der Waals surface area contributed by atoms with E-state index in [0.717, 1.165) is 18.1 Å². The largest absolute Gasteiger partial charge is 0.416 e. The van der Waals surface area contributed by atoms with Crippen LogP contribution in [0.4, 0.5) is 13.2 Å². The Hall–Kier alpha value is -1.07. The van der Waals surface area contributed by atoms with Gasteiger partial charge in [0.05, 0.1) is 17.2 Å². The fourth-order valence-corrected chi connectivity index (χ4v) is 2.68. The van der Waals surface area contributed by atoms with Crippen LogP contribution in [0, 0.1) is 6.92 Å². The van der Waals surface area contributed by atoms with Crippen LogP contribution in [0.1, 0.15) is 49.9 Å². The van der Waals surface area contributed by atoms with Crippen molar-refractivity contribution < 1.29 is 17.9 Å². The maximum atomic E-state index is 12.8. The molecule has 0 heterocycles. The van der Waals surface area contributed by atoms with Crippen molar-refractivity contribution in [1.29, 1.82) is 0 Å². The molecule has 0 aliphatic heterocycles. The normalized spacial score (nSPS) is 16.6. The zero-order chi connectivity index (χ0) is 16.3. The summed E-state index contributed by atoms with van der Waals surface area (Å²) in [5.74, 6) is 0. The van der Waals surface area contributed by atoms with Gasteiger partial charge < -0.3 is 10.1 Å². The third-order valence-corrected chi connectivity index (χ3v) is 3.98. The molecule has 0 fully saturated rings. The number of ether oxygens (including phenoxy) is 1. The van der Waals surface area contributed by atoms with Gasteiger partial charge in [-0.25, -0.2) is 0 Å². The molecule has 0 aliphatic rings. The van der Waals surface area contributed by atoms with E-state index in [2.05, 4.69) is 5.32 Å². The number of aryl methyl sites for hydroxylation is 1. The zero-order valence-electron chi connectivity index (χ0n) is 13.3. The van der Waals surface area contributed by atoms with Gasteiger partial charge in [0.1, 0.15) is 0 Å². The summed E-state index contributed by atoms with van der Waals surface area (Å²) in [5, 5.41) is 3.19. The Bertz CT molecular complexity index is 473. The standard InChI is InChI=1S/C16H24F3NO/c1-6-15(4,21-7-2)14(20-5)13-9-8-12(10-11(13)3)16(17,18)19/h8-10,14,20H,6-7H2,1-5H3. The third-order valence-electron chi connectivity index (χ3n) is 3.98. The number of hydrogen-bond donors (Lipinski definition) is 1. The number of alkyl halides is 3. The van der Waals surface area contributed by atoms with Gasteiger partial charge in [-0.05, 0) is 57.5 Å². The van der Waals surface area contributed by atoms with E-state index in [-0.39, 0.29) is 6.04 Å². The summed E-state index contributed by atoms with van der Waals surface area (Å²) in [6.45, 7) is 8.17. The highest BCUT2D eigenvalue weighted by atomic mass is 19.4. The summed E-state index contributed by atoms with van der Waals surface area (Å²) in [6, 6.07) is 3.72. The van der Waals surface area contributed by atoms with Gasteiger partial charge in [0, 0.05) is 6.61 Å². The van der Waals surface area contributed by atoms with Crippen molar-refractivity contribution in [3.05, 3.63) is 34.9 Å². The lowest BCUT2D eigenvalue weighted by Gasteiger charge is -2.37. The smallest absolute Gasteiger partial charge is 0.374 e. The summed E-state index contributed by atoms with van der Waals surface area (Å²) in [7, 11) is 1.80. The molecule has 1 rings (SSSR count). The van der Waals surface area contributed by atoms with E-state index in [4.69, 9.17) is 4.74 Å². The molecule has 2 unspecified atom stereocenters. The molecular formula is C16H24F3NO. The van der Waals surface area contributed by atoms with Crippen LogP contribution in [-0.2, 0) is 10.9 Å². The molecule has 0 amide bonds. The molecule has 2 atom stereocenters. The van der Waals surface area contributed by atoms with Gasteiger partial charge in [0.2, 0.25) is 0 Å². The zero-order valence-corrected chi connectivity index (χ0v) is 13.3. The van der Waals surface area contributed by atoms with E-state index in [9.17, 15) is 13.2 Å². The van der Waals surface area contributed by atoms with Crippen molar-refractivity contribution in [2.45, 2.75) is 51.9 Å². The average molecular weight is 303 g/mol. The predicted molar refractivity (Wildman–Crippen MR) is 78.3 cm³/mol. The molecule has 21 heavy (non-hydrogen) atoms. The Morgan fingerprint density at radius 3 is 2.24 bits per heavy atom. The van der Waals surface area contributed by atoms with Gasteiger partial charge in [0.15, 0.2) is 0 Å². The van der Waals surface area contributed by atoms with Crippen LogP contribution in [0.25, 0.3) is 0 Å². The van der Waals surface area contributed by atoms with E-state index in [1.807, 2.05) is 20.8 Å². The van der Waals surface area contributed by atoms with Crippen LogP contribution in [0.2, 0.25) is 0 Å². The summed E-state index contributed by atoms with van der Waals surface area (Å²) in [4.78, 5) is 0. The molecule has 120 valence electrons. The second kappa shape index (κ2) is 6.79. The summed E-state index contributed by atoms with van der Waals surface area (Å²) in [5.41, 5.74) is 0.369. The number of benzene rings is 1. The lowest BCUT2D eigenvalue weighted by molar-refractivity contribution is -0.137. The monoisotopic (exact) mass is 303 g/mol. The Kier molecular flexibility index (Phi) is 5.82. The molecule has 0 spiro atoms. The minimum absolute atomic E-state index is 0.162. The van der Waals surface area contributed by atoms with Crippen LogP contribution in [0.3, 0.4) is 0 Å². The van der Waals surface area contributed by atoms with Crippen LogP contribution < -0.4 is 5.32 Å². The molecule has 5 heteroatoms. The van der Waals surface area contributed by atoms with E-state index in [0.29, 0.717) is 12.2 Å². The molecule has 0 saturated heterocycles. The SMILES string of the molecule is CCOC(C)(CC)C(NC)c1ccc(C(F)(F)F)cc1C. The Morgan fingerprint density at radius 1 is 1.24 bits per heavy atom. The van der Waals surface area contributed by atoms with Crippen molar-refractivity contribution in [3.8, 4) is 0 Å². The molecule has 0 radical (unpaired) electrons. The Balaban J connectivity index is 3.23. The minimum atomic E-state index is -4.31. The van der Waals surface area contributed by atoms with Crippen molar-refractivity contribution in [2.75, 3.05) is 13.7 Å². The van der Waals surface area contributed by atoms with E-state index < -0.39 is 17.3 Å². The molecule has 1 aromatic rings.